The number of rotatable bonds is 13. The molecule has 2 aromatic heterocycles. The summed E-state index contributed by atoms with van der Waals surface area (Å²) in [6.07, 6.45) is 7.66. The van der Waals surface area contributed by atoms with E-state index in [0.717, 1.165) is 37.7 Å². The molecule has 41 heavy (non-hydrogen) atoms. The number of methoxy groups -OCH3 is 1. The highest BCUT2D eigenvalue weighted by molar-refractivity contribution is 5.93. The molecule has 0 aliphatic heterocycles. The summed E-state index contributed by atoms with van der Waals surface area (Å²) in [7, 11) is 1.55. The Labute approximate surface area is 236 Å². The summed E-state index contributed by atoms with van der Waals surface area (Å²) < 4.78 is 38.3. The van der Waals surface area contributed by atoms with E-state index in [2.05, 4.69) is 50.7 Å². The van der Waals surface area contributed by atoms with E-state index in [9.17, 15) is 13.6 Å². The Kier molecular flexibility index (Phi) is 9.52. The average Bonchev–Trinajstić information content (AvgIpc) is 3.35. The summed E-state index contributed by atoms with van der Waals surface area (Å²) in [5.74, 6) is 0.373. The van der Waals surface area contributed by atoms with Crippen LogP contribution in [0.25, 0.3) is 10.9 Å². The molecule has 0 aliphatic carbocycles. The lowest BCUT2D eigenvalue weighted by molar-refractivity contribution is -0.115. The summed E-state index contributed by atoms with van der Waals surface area (Å²) >= 11 is 0. The van der Waals surface area contributed by atoms with Gasteiger partial charge in [-0.05, 0) is 30.5 Å². The van der Waals surface area contributed by atoms with E-state index in [1.807, 2.05) is 4.90 Å². The van der Waals surface area contributed by atoms with Crippen molar-refractivity contribution in [3.63, 3.8) is 0 Å². The van der Waals surface area contributed by atoms with Gasteiger partial charge in [0.15, 0.2) is 17.3 Å². The molecule has 0 spiro atoms. The van der Waals surface area contributed by atoms with Crippen LogP contribution in [0.1, 0.15) is 26.0 Å². The summed E-state index contributed by atoms with van der Waals surface area (Å²) in [4.78, 5) is 23.0. The van der Waals surface area contributed by atoms with Gasteiger partial charge >= 0.3 is 0 Å². The Morgan fingerprint density at radius 3 is 2.61 bits per heavy atom. The number of nitrogens with one attached hydrogen (secondary N) is 3. The molecule has 4 rings (SSSR count). The first-order chi connectivity index (χ1) is 19.7. The number of anilines is 3. The largest absolute Gasteiger partial charge is 0.493 e. The SMILES string of the molecule is C#CN(CCCOc1cc2ncnc(Nc3cc(CC(=O)Nc4cc(F)cc(F)c4)[nH]n3)c2cc1OC)CC(C)C. The van der Waals surface area contributed by atoms with Gasteiger partial charge in [-0.3, -0.25) is 9.89 Å². The number of nitrogens with zero attached hydrogens (tertiary/aromatic N) is 4. The molecule has 0 atom stereocenters. The number of carbonyl (C=O) groups is 1. The van der Waals surface area contributed by atoms with Crippen molar-refractivity contribution in [1.29, 1.82) is 0 Å². The van der Waals surface area contributed by atoms with E-state index in [4.69, 9.17) is 15.9 Å². The van der Waals surface area contributed by atoms with Gasteiger partial charge in [-0.25, -0.2) is 18.7 Å². The van der Waals surface area contributed by atoms with Crippen LogP contribution in [0.3, 0.4) is 0 Å². The van der Waals surface area contributed by atoms with Crippen molar-refractivity contribution < 1.29 is 23.0 Å². The fraction of sp³-hybridized carbons (Fsp3) is 0.310. The third-order valence-corrected chi connectivity index (χ3v) is 5.89. The van der Waals surface area contributed by atoms with Crippen LogP contribution >= 0.6 is 0 Å². The number of aromatic amines is 1. The second kappa shape index (κ2) is 13.4. The molecular weight excluding hydrogens is 532 g/mol. The van der Waals surface area contributed by atoms with E-state index < -0.39 is 17.5 Å². The van der Waals surface area contributed by atoms with Crippen LogP contribution in [-0.4, -0.2) is 57.8 Å². The molecule has 12 heteroatoms. The Hall–Kier alpha value is -4.92. The monoisotopic (exact) mass is 563 g/mol. The van der Waals surface area contributed by atoms with Crippen molar-refractivity contribution >= 4 is 34.1 Å². The molecule has 0 saturated heterocycles. The van der Waals surface area contributed by atoms with Crippen LogP contribution in [0, 0.1) is 30.0 Å². The minimum atomic E-state index is -0.783. The first-order valence-electron chi connectivity index (χ1n) is 13.0. The quantitative estimate of drug-likeness (QED) is 0.120. The van der Waals surface area contributed by atoms with Crippen molar-refractivity contribution in [1.82, 2.24) is 25.1 Å². The highest BCUT2D eigenvalue weighted by Gasteiger charge is 2.14. The summed E-state index contributed by atoms with van der Waals surface area (Å²) in [5, 5.41) is 13.2. The third-order valence-electron chi connectivity index (χ3n) is 5.89. The van der Waals surface area contributed by atoms with Crippen LogP contribution in [0.5, 0.6) is 11.5 Å². The Morgan fingerprint density at radius 2 is 1.90 bits per heavy atom. The molecule has 0 saturated carbocycles. The number of halogens is 2. The summed E-state index contributed by atoms with van der Waals surface area (Å²) in [6, 6.07) is 10.7. The fourth-order valence-electron chi connectivity index (χ4n) is 4.16. The summed E-state index contributed by atoms with van der Waals surface area (Å²) in [5.41, 5.74) is 1.13. The number of terminal acetylenes is 1. The van der Waals surface area contributed by atoms with E-state index in [1.165, 1.54) is 6.33 Å². The first kappa shape index (κ1) is 29.1. The van der Waals surface area contributed by atoms with Crippen molar-refractivity contribution in [2.75, 3.05) is 37.4 Å². The molecule has 0 aliphatic rings. The molecule has 10 nitrogen and oxygen atoms in total. The van der Waals surface area contributed by atoms with Gasteiger partial charge in [-0.1, -0.05) is 20.3 Å². The number of hydrogen-bond acceptors (Lipinski definition) is 8. The van der Waals surface area contributed by atoms with Gasteiger partial charge in [-0.15, -0.1) is 0 Å². The molecular formula is C29H31F2N7O3. The maximum Gasteiger partial charge on any atom is 0.230 e. The predicted molar refractivity (Wildman–Crippen MR) is 152 cm³/mol. The number of aromatic nitrogens is 4. The number of fused-ring (bicyclic) bond motifs is 1. The lowest BCUT2D eigenvalue weighted by Crippen LogP contribution is -2.25. The Morgan fingerprint density at radius 1 is 1.12 bits per heavy atom. The molecule has 2 heterocycles. The number of hydrogen-bond donors (Lipinski definition) is 3. The van der Waals surface area contributed by atoms with Crippen molar-refractivity contribution in [2.45, 2.75) is 26.7 Å². The molecule has 0 radical (unpaired) electrons. The van der Waals surface area contributed by atoms with Gasteiger partial charge in [-0.2, -0.15) is 5.10 Å². The number of carbonyl (C=O) groups excluding carboxylic acids is 1. The highest BCUT2D eigenvalue weighted by Crippen LogP contribution is 2.34. The van der Waals surface area contributed by atoms with E-state index in [-0.39, 0.29) is 12.1 Å². The minimum absolute atomic E-state index is 0.0239. The number of ether oxygens (including phenoxy) is 2. The van der Waals surface area contributed by atoms with E-state index >= 15 is 0 Å². The molecule has 1 amide bonds. The topological polar surface area (TPSA) is 117 Å². The van der Waals surface area contributed by atoms with Crippen LogP contribution in [0.2, 0.25) is 0 Å². The maximum absolute atomic E-state index is 13.4. The van der Waals surface area contributed by atoms with Crippen LogP contribution in [0.15, 0.2) is 42.7 Å². The molecule has 2 aromatic carbocycles. The zero-order valence-electron chi connectivity index (χ0n) is 23.0. The van der Waals surface area contributed by atoms with Gasteiger partial charge in [0, 0.05) is 54.1 Å². The van der Waals surface area contributed by atoms with Gasteiger partial charge in [0.2, 0.25) is 5.91 Å². The van der Waals surface area contributed by atoms with Gasteiger partial charge in [0.1, 0.15) is 23.8 Å². The molecule has 4 aromatic rings. The van der Waals surface area contributed by atoms with Crippen molar-refractivity contribution in [3.05, 3.63) is 60.1 Å². The van der Waals surface area contributed by atoms with E-state index in [1.54, 1.807) is 25.3 Å². The molecule has 0 unspecified atom stereocenters. The molecule has 0 fully saturated rings. The highest BCUT2D eigenvalue weighted by atomic mass is 19.1. The summed E-state index contributed by atoms with van der Waals surface area (Å²) in [6.45, 7) is 6.24. The number of H-pyrrole nitrogens is 1. The second-order valence-electron chi connectivity index (χ2n) is 9.70. The lowest BCUT2D eigenvalue weighted by atomic mass is 10.2. The first-order valence-corrected chi connectivity index (χ1v) is 13.0. The van der Waals surface area contributed by atoms with Gasteiger partial charge < -0.3 is 25.0 Å². The maximum atomic E-state index is 13.4. The normalized spacial score (nSPS) is 10.9. The van der Waals surface area contributed by atoms with Gasteiger partial charge in [0.25, 0.3) is 0 Å². The third kappa shape index (κ3) is 8.04. The predicted octanol–water partition coefficient (Wildman–Crippen LogP) is 4.88. The Bertz CT molecular complexity index is 1530. The molecule has 0 bridgehead atoms. The lowest BCUT2D eigenvalue weighted by Gasteiger charge is -2.20. The second-order valence-corrected chi connectivity index (χ2v) is 9.70. The smallest absolute Gasteiger partial charge is 0.230 e. The minimum Gasteiger partial charge on any atom is -0.493 e. The standard InChI is InChI=1S/C29H31F2N7O3/c1-5-38(16-18(2)3)7-6-8-41-26-15-24-23(14-25(26)40-4)29(33-17-32-24)35-27-12-22(36-37-27)13-28(39)34-21-10-19(30)9-20(31)11-21/h1,9-12,14-15,17-18H,6-8,13,16H2,2-4H3,(H,34,39)(H2,32,33,35,36,37). The van der Waals surface area contributed by atoms with Crippen molar-refractivity contribution in [2.24, 2.45) is 5.92 Å². The fourth-order valence-corrected chi connectivity index (χ4v) is 4.16. The van der Waals surface area contributed by atoms with Crippen LogP contribution in [-0.2, 0) is 11.2 Å². The molecule has 214 valence electrons. The molecule has 3 N–H and O–H groups in total. The number of amides is 1. The van der Waals surface area contributed by atoms with Crippen LogP contribution < -0.4 is 20.1 Å². The zero-order chi connectivity index (χ0) is 29.4. The Balaban J connectivity index is 1.40. The zero-order valence-corrected chi connectivity index (χ0v) is 23.0. The number of benzene rings is 2. The average molecular weight is 564 g/mol. The van der Waals surface area contributed by atoms with Gasteiger partial charge in [0.05, 0.1) is 25.7 Å². The van der Waals surface area contributed by atoms with Crippen LogP contribution in [0.4, 0.5) is 26.1 Å². The van der Waals surface area contributed by atoms with Crippen molar-refractivity contribution in [3.8, 4) is 24.0 Å². The van der Waals surface area contributed by atoms with E-state index in [0.29, 0.717) is 52.3 Å².